The molecule has 6 heteroatoms. The van der Waals surface area contributed by atoms with Gasteiger partial charge in [0.25, 0.3) is 5.79 Å². The highest BCUT2D eigenvalue weighted by Crippen LogP contribution is 2.46. The number of rotatable bonds is 5. The van der Waals surface area contributed by atoms with Crippen LogP contribution in [0, 0.1) is 5.92 Å². The molecule has 1 unspecified atom stereocenters. The van der Waals surface area contributed by atoms with Gasteiger partial charge in [-0.15, -0.1) is 0 Å². The molecule has 0 radical (unpaired) electrons. The lowest BCUT2D eigenvalue weighted by Gasteiger charge is -2.31. The van der Waals surface area contributed by atoms with Gasteiger partial charge in [-0.25, -0.2) is 4.79 Å². The lowest BCUT2D eigenvalue weighted by Crippen LogP contribution is -2.41. The summed E-state index contributed by atoms with van der Waals surface area (Å²) in [6.45, 7) is 4.04. The molecule has 2 aliphatic rings. The number of hydrogen-bond donors (Lipinski definition) is 3. The Morgan fingerprint density at radius 1 is 1.20 bits per heavy atom. The standard InChI is InChI=1S/C19H28N2O4/c1-13(2)10-15(12-22)21-18(23)20-14-6-7-16-17(11-14)25-19(24-16)8-4-3-5-9-19/h6-7,11,13,15,22H,3-5,8-10,12H2,1-2H3,(H2,20,21,23). The van der Waals surface area contributed by atoms with Crippen molar-refractivity contribution in [2.24, 2.45) is 5.92 Å². The van der Waals surface area contributed by atoms with Crippen LogP contribution in [0.25, 0.3) is 0 Å². The zero-order valence-corrected chi connectivity index (χ0v) is 15.0. The van der Waals surface area contributed by atoms with E-state index in [-0.39, 0.29) is 18.7 Å². The second-order valence-corrected chi connectivity index (χ2v) is 7.44. The van der Waals surface area contributed by atoms with E-state index in [1.165, 1.54) is 6.42 Å². The predicted octanol–water partition coefficient (Wildman–Crippen LogP) is 3.65. The number of urea groups is 1. The van der Waals surface area contributed by atoms with Crippen LogP contribution in [0.1, 0.15) is 52.4 Å². The quantitative estimate of drug-likeness (QED) is 0.759. The van der Waals surface area contributed by atoms with Crippen LogP contribution in [0.2, 0.25) is 0 Å². The van der Waals surface area contributed by atoms with Crippen molar-refractivity contribution in [3.63, 3.8) is 0 Å². The third-order valence-electron chi connectivity index (χ3n) is 4.72. The number of benzene rings is 1. The van der Waals surface area contributed by atoms with E-state index >= 15 is 0 Å². The van der Waals surface area contributed by atoms with E-state index in [1.807, 2.05) is 6.07 Å². The van der Waals surface area contributed by atoms with Crippen molar-refractivity contribution in [3.05, 3.63) is 18.2 Å². The van der Waals surface area contributed by atoms with Gasteiger partial charge in [0, 0.05) is 24.6 Å². The first-order valence-corrected chi connectivity index (χ1v) is 9.20. The highest BCUT2D eigenvalue weighted by atomic mass is 16.7. The molecule has 1 saturated carbocycles. The fraction of sp³-hybridized carbons (Fsp3) is 0.632. The third-order valence-corrected chi connectivity index (χ3v) is 4.72. The summed E-state index contributed by atoms with van der Waals surface area (Å²) in [6, 6.07) is 4.87. The molecule has 1 spiro atoms. The van der Waals surface area contributed by atoms with Gasteiger partial charge in [0.15, 0.2) is 11.5 Å². The Morgan fingerprint density at radius 3 is 2.60 bits per heavy atom. The normalized spacial score (nSPS) is 19.0. The van der Waals surface area contributed by atoms with Crippen LogP contribution in [0.4, 0.5) is 10.5 Å². The van der Waals surface area contributed by atoms with Crippen molar-refractivity contribution >= 4 is 11.7 Å². The fourth-order valence-electron chi connectivity index (χ4n) is 3.57. The Kier molecular flexibility index (Phi) is 5.37. The molecule has 1 aromatic carbocycles. The average Bonchev–Trinajstić information content (AvgIpc) is 2.90. The molecule has 1 heterocycles. The van der Waals surface area contributed by atoms with Crippen LogP contribution in [0.15, 0.2) is 18.2 Å². The van der Waals surface area contributed by atoms with Crippen molar-refractivity contribution in [2.75, 3.05) is 11.9 Å². The number of fused-ring (bicyclic) bond motifs is 1. The molecule has 25 heavy (non-hydrogen) atoms. The summed E-state index contributed by atoms with van der Waals surface area (Å²) in [6.07, 6.45) is 5.98. The lowest BCUT2D eigenvalue weighted by molar-refractivity contribution is -0.105. The van der Waals surface area contributed by atoms with E-state index in [9.17, 15) is 9.90 Å². The number of aliphatic hydroxyl groups is 1. The van der Waals surface area contributed by atoms with Crippen LogP contribution in [-0.2, 0) is 0 Å². The van der Waals surface area contributed by atoms with Gasteiger partial charge < -0.3 is 25.2 Å². The Labute approximate surface area is 148 Å². The first-order valence-electron chi connectivity index (χ1n) is 9.20. The molecule has 1 aliphatic heterocycles. The van der Waals surface area contributed by atoms with Crippen molar-refractivity contribution < 1.29 is 19.4 Å². The van der Waals surface area contributed by atoms with Crippen molar-refractivity contribution in [3.8, 4) is 11.5 Å². The average molecular weight is 348 g/mol. The van der Waals surface area contributed by atoms with Gasteiger partial charge in [0.05, 0.1) is 12.6 Å². The van der Waals surface area contributed by atoms with Crippen LogP contribution in [0.5, 0.6) is 11.5 Å². The van der Waals surface area contributed by atoms with E-state index in [0.29, 0.717) is 17.4 Å². The molecule has 0 saturated heterocycles. The largest absolute Gasteiger partial charge is 0.448 e. The highest BCUT2D eigenvalue weighted by molar-refractivity contribution is 5.89. The second kappa shape index (κ2) is 7.52. The first kappa shape index (κ1) is 17.9. The van der Waals surface area contributed by atoms with Gasteiger partial charge in [0.1, 0.15) is 0 Å². The van der Waals surface area contributed by atoms with Gasteiger partial charge in [0.2, 0.25) is 0 Å². The number of ether oxygens (including phenoxy) is 2. The smallest absolute Gasteiger partial charge is 0.319 e. The van der Waals surface area contributed by atoms with Gasteiger partial charge in [-0.1, -0.05) is 20.3 Å². The number of carbonyl (C=O) groups is 1. The maximum Gasteiger partial charge on any atom is 0.319 e. The molecule has 2 amide bonds. The molecule has 138 valence electrons. The van der Waals surface area contributed by atoms with E-state index in [2.05, 4.69) is 24.5 Å². The summed E-state index contributed by atoms with van der Waals surface area (Å²) in [7, 11) is 0. The Hall–Kier alpha value is -1.95. The zero-order valence-electron chi connectivity index (χ0n) is 15.0. The van der Waals surface area contributed by atoms with Gasteiger partial charge in [-0.2, -0.15) is 0 Å². The number of nitrogens with one attached hydrogen (secondary N) is 2. The number of aliphatic hydroxyl groups excluding tert-OH is 1. The van der Waals surface area contributed by atoms with E-state index in [4.69, 9.17) is 9.47 Å². The van der Waals surface area contributed by atoms with E-state index < -0.39 is 5.79 Å². The minimum Gasteiger partial charge on any atom is -0.448 e. The summed E-state index contributed by atoms with van der Waals surface area (Å²) in [5.74, 6) is 1.30. The topological polar surface area (TPSA) is 79.8 Å². The third kappa shape index (κ3) is 4.37. The van der Waals surface area contributed by atoms with Crippen molar-refractivity contribution in [1.29, 1.82) is 0 Å². The van der Waals surface area contributed by atoms with Crippen molar-refractivity contribution in [2.45, 2.75) is 64.2 Å². The van der Waals surface area contributed by atoms with Gasteiger partial charge in [-0.3, -0.25) is 0 Å². The molecule has 1 atom stereocenters. The Bertz CT molecular complexity index is 611. The van der Waals surface area contributed by atoms with Crippen LogP contribution in [0.3, 0.4) is 0 Å². The van der Waals surface area contributed by atoms with E-state index in [1.54, 1.807) is 12.1 Å². The lowest BCUT2D eigenvalue weighted by atomic mass is 9.94. The SMILES string of the molecule is CC(C)CC(CO)NC(=O)Nc1ccc2c(c1)OC1(CCCCC1)O2. The monoisotopic (exact) mass is 348 g/mol. The minimum absolute atomic E-state index is 0.0741. The molecule has 3 rings (SSSR count). The molecule has 3 N–H and O–H groups in total. The van der Waals surface area contributed by atoms with Gasteiger partial charge >= 0.3 is 6.03 Å². The maximum absolute atomic E-state index is 12.2. The zero-order chi connectivity index (χ0) is 17.9. The predicted molar refractivity (Wildman–Crippen MR) is 96.0 cm³/mol. The highest BCUT2D eigenvalue weighted by Gasteiger charge is 2.42. The Balaban J connectivity index is 1.60. The van der Waals surface area contributed by atoms with E-state index in [0.717, 1.165) is 37.9 Å². The van der Waals surface area contributed by atoms with Crippen LogP contribution >= 0.6 is 0 Å². The molecule has 1 fully saturated rings. The number of anilines is 1. The summed E-state index contributed by atoms with van der Waals surface area (Å²) in [4.78, 5) is 12.2. The second-order valence-electron chi connectivity index (χ2n) is 7.44. The fourth-order valence-corrected chi connectivity index (χ4v) is 3.57. The summed E-state index contributed by atoms with van der Waals surface area (Å²) < 4.78 is 12.1. The summed E-state index contributed by atoms with van der Waals surface area (Å²) in [5, 5.41) is 15.0. The van der Waals surface area contributed by atoms with Gasteiger partial charge in [-0.05, 0) is 37.3 Å². The van der Waals surface area contributed by atoms with Crippen LogP contribution in [-0.4, -0.2) is 29.6 Å². The molecular weight excluding hydrogens is 320 g/mol. The molecule has 0 aromatic heterocycles. The summed E-state index contributed by atoms with van der Waals surface area (Å²) in [5.41, 5.74) is 0.647. The molecule has 6 nitrogen and oxygen atoms in total. The Morgan fingerprint density at radius 2 is 1.92 bits per heavy atom. The molecule has 1 aliphatic carbocycles. The first-order chi connectivity index (χ1) is 12.0. The number of amides is 2. The molecular formula is C19H28N2O4. The van der Waals surface area contributed by atoms with Crippen LogP contribution < -0.4 is 20.1 Å². The molecule has 1 aromatic rings. The van der Waals surface area contributed by atoms with Crippen molar-refractivity contribution in [1.82, 2.24) is 5.32 Å². The number of hydrogen-bond acceptors (Lipinski definition) is 4. The number of carbonyl (C=O) groups excluding carboxylic acids is 1. The minimum atomic E-state index is -0.513. The maximum atomic E-state index is 12.2. The summed E-state index contributed by atoms with van der Waals surface area (Å²) >= 11 is 0. The molecule has 0 bridgehead atoms.